The van der Waals surface area contributed by atoms with Gasteiger partial charge in [-0.1, -0.05) is 58.7 Å². The number of aryl methyl sites for hydroxylation is 1. The lowest BCUT2D eigenvalue weighted by Gasteiger charge is -2.03. The molecular formula is C18H12Cl2N2OS. The number of rotatable bonds is 4. The van der Waals surface area contributed by atoms with Gasteiger partial charge in [0.1, 0.15) is 6.07 Å². The molecule has 0 amide bonds. The molecule has 0 bridgehead atoms. The molecule has 0 spiro atoms. The number of thioether (sulfide) groups is 1. The quantitative estimate of drug-likeness (QED) is 0.516. The molecule has 0 N–H and O–H groups in total. The number of hydrogen-bond acceptors (Lipinski definition) is 4. The van der Waals surface area contributed by atoms with Crippen LogP contribution in [0.4, 0.5) is 0 Å². The minimum Gasteiger partial charge on any atom is -0.428 e. The SMILES string of the molecule is Cc1ccc(-c2nc(C#N)c(SCc3ccc(Cl)cc3Cl)o2)cc1. The number of nitrogens with zero attached hydrogens (tertiary/aromatic N) is 2. The highest BCUT2D eigenvalue weighted by Gasteiger charge is 2.15. The average Bonchev–Trinajstić information content (AvgIpc) is 2.98. The Kier molecular flexibility index (Phi) is 5.15. The first-order chi connectivity index (χ1) is 11.6. The number of benzene rings is 2. The minimum absolute atomic E-state index is 0.278. The van der Waals surface area contributed by atoms with Crippen LogP contribution in [0.1, 0.15) is 16.8 Å². The minimum atomic E-state index is 0.278. The molecule has 1 aromatic heterocycles. The first kappa shape index (κ1) is 16.9. The zero-order valence-electron chi connectivity index (χ0n) is 12.7. The van der Waals surface area contributed by atoms with Gasteiger partial charge in [-0.2, -0.15) is 10.2 Å². The Balaban J connectivity index is 1.83. The zero-order valence-corrected chi connectivity index (χ0v) is 15.0. The van der Waals surface area contributed by atoms with Gasteiger partial charge in [-0.05, 0) is 36.8 Å². The van der Waals surface area contributed by atoms with Crippen LogP contribution in [0.3, 0.4) is 0 Å². The molecule has 0 radical (unpaired) electrons. The van der Waals surface area contributed by atoms with Crippen LogP contribution in [0.25, 0.3) is 11.5 Å². The van der Waals surface area contributed by atoms with Crippen molar-refractivity contribution in [3.05, 3.63) is 69.3 Å². The van der Waals surface area contributed by atoms with E-state index in [0.717, 1.165) is 16.7 Å². The summed E-state index contributed by atoms with van der Waals surface area (Å²) in [6, 6.07) is 15.2. The number of nitriles is 1. The second-order valence-corrected chi connectivity index (χ2v) is 6.95. The highest BCUT2D eigenvalue weighted by Crippen LogP contribution is 2.33. The predicted molar refractivity (Wildman–Crippen MR) is 97.4 cm³/mol. The molecule has 3 nitrogen and oxygen atoms in total. The maximum absolute atomic E-state index is 9.28. The maximum Gasteiger partial charge on any atom is 0.228 e. The van der Waals surface area contributed by atoms with E-state index in [9.17, 15) is 5.26 Å². The molecule has 6 heteroatoms. The Bertz CT molecular complexity index is 914. The molecule has 0 aliphatic rings. The molecule has 0 unspecified atom stereocenters. The predicted octanol–water partition coefficient (Wildman–Crippen LogP) is 6.12. The van der Waals surface area contributed by atoms with E-state index in [1.807, 2.05) is 37.3 Å². The summed E-state index contributed by atoms with van der Waals surface area (Å²) in [5.41, 5.74) is 3.19. The number of hydrogen-bond donors (Lipinski definition) is 0. The molecule has 0 atom stereocenters. The molecule has 0 aliphatic carbocycles. The van der Waals surface area contributed by atoms with Gasteiger partial charge < -0.3 is 4.42 Å². The summed E-state index contributed by atoms with van der Waals surface area (Å²) < 4.78 is 5.78. The van der Waals surface area contributed by atoms with Crippen LogP contribution >= 0.6 is 35.0 Å². The highest BCUT2D eigenvalue weighted by atomic mass is 35.5. The summed E-state index contributed by atoms with van der Waals surface area (Å²) in [6.45, 7) is 2.01. The van der Waals surface area contributed by atoms with E-state index < -0.39 is 0 Å². The van der Waals surface area contributed by atoms with E-state index >= 15 is 0 Å². The van der Waals surface area contributed by atoms with Crippen molar-refractivity contribution < 1.29 is 4.42 Å². The molecule has 3 aromatic rings. The third-order valence-corrected chi connectivity index (χ3v) is 4.96. The van der Waals surface area contributed by atoms with Gasteiger partial charge >= 0.3 is 0 Å². The normalized spacial score (nSPS) is 10.6. The van der Waals surface area contributed by atoms with Gasteiger partial charge in [0.25, 0.3) is 0 Å². The summed E-state index contributed by atoms with van der Waals surface area (Å²) in [4.78, 5) is 4.27. The smallest absolute Gasteiger partial charge is 0.228 e. The van der Waals surface area contributed by atoms with E-state index in [4.69, 9.17) is 27.6 Å². The topological polar surface area (TPSA) is 49.8 Å². The standard InChI is InChI=1S/C18H12Cl2N2OS/c1-11-2-4-12(5-3-11)17-22-16(9-21)18(23-17)24-10-13-6-7-14(19)8-15(13)20/h2-8H,10H2,1H3. The van der Waals surface area contributed by atoms with Gasteiger partial charge in [-0.25, -0.2) is 0 Å². The van der Waals surface area contributed by atoms with Gasteiger partial charge in [0.05, 0.1) is 0 Å². The molecule has 24 heavy (non-hydrogen) atoms. The Morgan fingerprint density at radius 1 is 1.17 bits per heavy atom. The van der Waals surface area contributed by atoms with Crippen molar-refractivity contribution in [1.29, 1.82) is 5.26 Å². The summed E-state index contributed by atoms with van der Waals surface area (Å²) in [7, 11) is 0. The number of halogens is 2. The van der Waals surface area contributed by atoms with E-state index in [-0.39, 0.29) is 5.69 Å². The second-order valence-electron chi connectivity index (χ2n) is 5.16. The summed E-state index contributed by atoms with van der Waals surface area (Å²) in [5, 5.41) is 10.9. The van der Waals surface area contributed by atoms with Crippen LogP contribution < -0.4 is 0 Å². The van der Waals surface area contributed by atoms with Crippen molar-refractivity contribution in [1.82, 2.24) is 4.98 Å². The maximum atomic E-state index is 9.28. The molecule has 0 saturated carbocycles. The largest absolute Gasteiger partial charge is 0.428 e. The van der Waals surface area contributed by atoms with Crippen LogP contribution in [0.15, 0.2) is 52.0 Å². The zero-order chi connectivity index (χ0) is 17.1. The van der Waals surface area contributed by atoms with Crippen molar-refractivity contribution in [2.24, 2.45) is 0 Å². The van der Waals surface area contributed by atoms with E-state index in [2.05, 4.69) is 11.1 Å². The van der Waals surface area contributed by atoms with Gasteiger partial charge in [0.2, 0.25) is 5.89 Å². The molecule has 0 fully saturated rings. The lowest BCUT2D eigenvalue weighted by molar-refractivity contribution is 0.483. The molecule has 3 rings (SSSR count). The Morgan fingerprint density at radius 3 is 2.58 bits per heavy atom. The molecule has 120 valence electrons. The monoisotopic (exact) mass is 374 g/mol. The molecule has 0 aliphatic heterocycles. The van der Waals surface area contributed by atoms with Crippen LogP contribution in [0, 0.1) is 18.3 Å². The van der Waals surface area contributed by atoms with Crippen LogP contribution in [-0.4, -0.2) is 4.98 Å². The third kappa shape index (κ3) is 3.76. The summed E-state index contributed by atoms with van der Waals surface area (Å²) in [6.07, 6.45) is 0. The van der Waals surface area contributed by atoms with Gasteiger partial charge in [0.15, 0.2) is 10.8 Å². The fourth-order valence-electron chi connectivity index (χ4n) is 2.08. The molecule has 1 heterocycles. The second kappa shape index (κ2) is 7.31. The first-order valence-corrected chi connectivity index (χ1v) is 8.85. The summed E-state index contributed by atoms with van der Waals surface area (Å²) in [5.74, 6) is 1.00. The van der Waals surface area contributed by atoms with Gasteiger partial charge in [-0.3, -0.25) is 0 Å². The molecule has 2 aromatic carbocycles. The van der Waals surface area contributed by atoms with E-state index in [1.54, 1.807) is 12.1 Å². The third-order valence-electron chi connectivity index (χ3n) is 3.37. The van der Waals surface area contributed by atoms with Crippen LogP contribution in [0.5, 0.6) is 0 Å². The Hall–Kier alpha value is -1.93. The fourth-order valence-corrected chi connectivity index (χ4v) is 3.54. The van der Waals surface area contributed by atoms with Crippen molar-refractivity contribution in [2.45, 2.75) is 17.8 Å². The van der Waals surface area contributed by atoms with Gasteiger partial charge in [0, 0.05) is 21.4 Å². The van der Waals surface area contributed by atoms with E-state index in [0.29, 0.717) is 26.8 Å². The Labute approximate surface area is 154 Å². The number of aromatic nitrogens is 1. The van der Waals surface area contributed by atoms with Crippen LogP contribution in [-0.2, 0) is 5.75 Å². The summed E-state index contributed by atoms with van der Waals surface area (Å²) >= 11 is 13.5. The number of oxazole rings is 1. The molecular weight excluding hydrogens is 363 g/mol. The first-order valence-electron chi connectivity index (χ1n) is 7.11. The average molecular weight is 375 g/mol. The fraction of sp³-hybridized carbons (Fsp3) is 0.111. The van der Waals surface area contributed by atoms with E-state index in [1.165, 1.54) is 11.8 Å². The van der Waals surface area contributed by atoms with Crippen molar-refractivity contribution in [2.75, 3.05) is 0 Å². The molecule has 0 saturated heterocycles. The lowest BCUT2D eigenvalue weighted by Crippen LogP contribution is -1.83. The Morgan fingerprint density at radius 2 is 1.92 bits per heavy atom. The van der Waals surface area contributed by atoms with Crippen LogP contribution in [0.2, 0.25) is 10.0 Å². The van der Waals surface area contributed by atoms with Crippen molar-refractivity contribution in [3.63, 3.8) is 0 Å². The highest BCUT2D eigenvalue weighted by molar-refractivity contribution is 7.98. The lowest BCUT2D eigenvalue weighted by atomic mass is 10.1. The van der Waals surface area contributed by atoms with Crippen molar-refractivity contribution in [3.8, 4) is 17.5 Å². The van der Waals surface area contributed by atoms with Crippen molar-refractivity contribution >= 4 is 35.0 Å². The van der Waals surface area contributed by atoms with Gasteiger partial charge in [-0.15, -0.1) is 0 Å².